The number of pyridine rings is 1. The second-order valence-electron chi connectivity index (χ2n) is 6.77. The van der Waals surface area contributed by atoms with Gasteiger partial charge in [0, 0.05) is 24.5 Å². The fourth-order valence-corrected chi connectivity index (χ4v) is 3.64. The van der Waals surface area contributed by atoms with Crippen molar-refractivity contribution in [1.29, 1.82) is 0 Å². The molecule has 142 valence electrons. The van der Waals surface area contributed by atoms with E-state index in [2.05, 4.69) is 20.0 Å². The van der Waals surface area contributed by atoms with Gasteiger partial charge in [0.1, 0.15) is 5.69 Å². The normalized spacial score (nSPS) is 18.4. The Morgan fingerprint density at radius 2 is 2.04 bits per heavy atom. The summed E-state index contributed by atoms with van der Waals surface area (Å²) in [5.74, 6) is 0. The number of aromatic nitrogens is 4. The maximum Gasteiger partial charge on any atom is 0.433 e. The Morgan fingerprint density at radius 3 is 2.74 bits per heavy atom. The van der Waals surface area contributed by atoms with E-state index in [0.717, 1.165) is 35.7 Å². The van der Waals surface area contributed by atoms with Crippen molar-refractivity contribution in [2.24, 2.45) is 0 Å². The highest BCUT2D eigenvalue weighted by Gasteiger charge is 2.36. The molecule has 0 saturated carbocycles. The van der Waals surface area contributed by atoms with E-state index in [-0.39, 0.29) is 11.7 Å². The second-order valence-corrected chi connectivity index (χ2v) is 6.77. The number of nitrogens with zero attached hydrogens (tertiary/aromatic N) is 5. The van der Waals surface area contributed by atoms with Crippen molar-refractivity contribution in [2.45, 2.75) is 44.9 Å². The van der Waals surface area contributed by atoms with Crippen LogP contribution in [0.4, 0.5) is 13.2 Å². The van der Waals surface area contributed by atoms with Gasteiger partial charge >= 0.3 is 6.18 Å². The predicted octanol–water partition coefficient (Wildman–Crippen LogP) is 4.04. The van der Waals surface area contributed by atoms with Gasteiger partial charge in [-0.1, -0.05) is 13.0 Å². The summed E-state index contributed by atoms with van der Waals surface area (Å²) >= 11 is 0. The molecule has 1 atom stereocenters. The van der Waals surface area contributed by atoms with Crippen LogP contribution in [0.25, 0.3) is 5.65 Å². The SMILES string of the molecule is CCc1cc(C(F)(F)F)n2nc(C3CCCN3Cc3ccccn3)cc2n1. The minimum atomic E-state index is -4.47. The molecule has 0 bridgehead atoms. The largest absolute Gasteiger partial charge is 0.433 e. The van der Waals surface area contributed by atoms with Crippen molar-refractivity contribution in [3.63, 3.8) is 0 Å². The number of aryl methyl sites for hydroxylation is 1. The lowest BCUT2D eigenvalue weighted by Crippen LogP contribution is -2.23. The number of alkyl halides is 3. The summed E-state index contributed by atoms with van der Waals surface area (Å²) in [6.45, 7) is 3.32. The highest BCUT2D eigenvalue weighted by molar-refractivity contribution is 5.43. The number of fused-ring (bicyclic) bond motifs is 1. The third kappa shape index (κ3) is 3.53. The zero-order chi connectivity index (χ0) is 19.0. The summed E-state index contributed by atoms with van der Waals surface area (Å²) < 4.78 is 41.4. The van der Waals surface area contributed by atoms with Gasteiger partial charge in [-0.2, -0.15) is 18.3 Å². The molecule has 0 amide bonds. The predicted molar refractivity (Wildman–Crippen MR) is 94.0 cm³/mol. The van der Waals surface area contributed by atoms with E-state index in [1.54, 1.807) is 19.2 Å². The molecule has 0 aromatic carbocycles. The molecule has 1 saturated heterocycles. The Morgan fingerprint density at radius 1 is 1.19 bits per heavy atom. The Hall–Kier alpha value is -2.48. The zero-order valence-corrected chi connectivity index (χ0v) is 14.9. The van der Waals surface area contributed by atoms with Crippen LogP contribution in [-0.2, 0) is 19.1 Å². The summed E-state index contributed by atoms with van der Waals surface area (Å²) in [7, 11) is 0. The molecule has 3 aromatic heterocycles. The second kappa shape index (κ2) is 6.92. The average Bonchev–Trinajstić information content (AvgIpc) is 3.26. The van der Waals surface area contributed by atoms with Crippen LogP contribution in [0.2, 0.25) is 0 Å². The lowest BCUT2D eigenvalue weighted by molar-refractivity contribution is -0.142. The summed E-state index contributed by atoms with van der Waals surface area (Å²) in [5.41, 5.74) is 1.47. The van der Waals surface area contributed by atoms with Gasteiger partial charge in [0.15, 0.2) is 5.65 Å². The maximum atomic E-state index is 13.5. The number of hydrogen-bond acceptors (Lipinski definition) is 4. The van der Waals surface area contributed by atoms with E-state index in [1.165, 1.54) is 0 Å². The first-order chi connectivity index (χ1) is 13.0. The molecule has 1 unspecified atom stereocenters. The molecule has 1 aliphatic rings. The van der Waals surface area contributed by atoms with E-state index in [0.29, 0.717) is 24.4 Å². The van der Waals surface area contributed by atoms with Crippen LogP contribution in [0.3, 0.4) is 0 Å². The third-order valence-electron chi connectivity index (χ3n) is 4.95. The van der Waals surface area contributed by atoms with Crippen LogP contribution in [0.5, 0.6) is 0 Å². The fraction of sp³-hybridized carbons (Fsp3) is 0.421. The first kappa shape index (κ1) is 17.9. The van der Waals surface area contributed by atoms with Gasteiger partial charge in [-0.3, -0.25) is 9.88 Å². The molecule has 4 heterocycles. The molecule has 0 radical (unpaired) electrons. The molecule has 4 rings (SSSR count). The summed E-state index contributed by atoms with van der Waals surface area (Å²) in [4.78, 5) is 10.9. The molecular formula is C19H20F3N5. The van der Waals surface area contributed by atoms with Crippen LogP contribution in [-0.4, -0.2) is 31.0 Å². The zero-order valence-electron chi connectivity index (χ0n) is 14.9. The van der Waals surface area contributed by atoms with Crippen molar-refractivity contribution in [2.75, 3.05) is 6.54 Å². The number of rotatable bonds is 4. The summed E-state index contributed by atoms with van der Waals surface area (Å²) in [5, 5.41) is 4.30. The Balaban J connectivity index is 1.71. The molecular weight excluding hydrogens is 355 g/mol. The highest BCUT2D eigenvalue weighted by atomic mass is 19.4. The first-order valence-electron chi connectivity index (χ1n) is 9.06. The molecule has 3 aromatic rings. The minimum Gasteiger partial charge on any atom is -0.289 e. The minimum absolute atomic E-state index is 0.0279. The van der Waals surface area contributed by atoms with E-state index in [4.69, 9.17) is 0 Å². The number of hydrogen-bond donors (Lipinski definition) is 0. The first-order valence-corrected chi connectivity index (χ1v) is 9.06. The maximum absolute atomic E-state index is 13.5. The van der Waals surface area contributed by atoms with Gasteiger partial charge in [0.2, 0.25) is 0 Å². The van der Waals surface area contributed by atoms with Gasteiger partial charge < -0.3 is 0 Å². The van der Waals surface area contributed by atoms with E-state index in [9.17, 15) is 13.2 Å². The quantitative estimate of drug-likeness (QED) is 0.690. The van der Waals surface area contributed by atoms with Crippen molar-refractivity contribution in [3.05, 3.63) is 59.3 Å². The Kier molecular flexibility index (Phi) is 4.59. The smallest absolute Gasteiger partial charge is 0.289 e. The van der Waals surface area contributed by atoms with E-state index < -0.39 is 11.9 Å². The van der Waals surface area contributed by atoms with Gasteiger partial charge in [0.25, 0.3) is 0 Å². The van der Waals surface area contributed by atoms with Gasteiger partial charge in [-0.15, -0.1) is 0 Å². The van der Waals surface area contributed by atoms with Gasteiger partial charge in [-0.05, 0) is 44.0 Å². The molecule has 0 spiro atoms. The Bertz CT molecular complexity index is 936. The molecule has 5 nitrogen and oxygen atoms in total. The van der Waals surface area contributed by atoms with Crippen LogP contribution >= 0.6 is 0 Å². The number of halogens is 3. The monoisotopic (exact) mass is 375 g/mol. The van der Waals surface area contributed by atoms with Crippen LogP contribution in [0.15, 0.2) is 36.5 Å². The van der Waals surface area contributed by atoms with Crippen LogP contribution in [0.1, 0.15) is 48.6 Å². The third-order valence-corrected chi connectivity index (χ3v) is 4.95. The molecule has 1 fully saturated rings. The van der Waals surface area contributed by atoms with Crippen LogP contribution < -0.4 is 0 Å². The molecule has 27 heavy (non-hydrogen) atoms. The van der Waals surface area contributed by atoms with Gasteiger partial charge in [0.05, 0.1) is 17.4 Å². The van der Waals surface area contributed by atoms with Crippen molar-refractivity contribution >= 4 is 5.65 Å². The highest BCUT2D eigenvalue weighted by Crippen LogP contribution is 2.35. The summed E-state index contributed by atoms with van der Waals surface area (Å²) in [6, 6.07) is 8.50. The fourth-order valence-electron chi connectivity index (χ4n) is 3.64. The Labute approximate surface area is 154 Å². The van der Waals surface area contributed by atoms with Crippen molar-refractivity contribution < 1.29 is 13.2 Å². The van der Waals surface area contributed by atoms with Gasteiger partial charge in [-0.25, -0.2) is 9.50 Å². The summed E-state index contributed by atoms with van der Waals surface area (Å²) in [6.07, 6.45) is -0.450. The van der Waals surface area contributed by atoms with Crippen LogP contribution in [0, 0.1) is 0 Å². The molecule has 8 heteroatoms. The lowest BCUT2D eigenvalue weighted by Gasteiger charge is -2.22. The topological polar surface area (TPSA) is 46.3 Å². The lowest BCUT2D eigenvalue weighted by atomic mass is 10.1. The molecule has 0 N–H and O–H groups in total. The molecule has 0 aliphatic carbocycles. The average molecular weight is 375 g/mol. The van der Waals surface area contributed by atoms with E-state index >= 15 is 0 Å². The molecule has 1 aliphatic heterocycles. The van der Waals surface area contributed by atoms with Crippen molar-refractivity contribution in [1.82, 2.24) is 24.5 Å². The standard InChI is InChI=1S/C19H20F3N5/c1-2-13-10-17(19(20,21)22)27-18(24-13)11-15(25-27)16-7-5-9-26(16)12-14-6-3-4-8-23-14/h3-4,6,8,10-11,16H,2,5,7,9,12H2,1H3. The number of likely N-dealkylation sites (tertiary alicyclic amines) is 1. The van der Waals surface area contributed by atoms with Crippen molar-refractivity contribution in [3.8, 4) is 0 Å². The van der Waals surface area contributed by atoms with E-state index in [1.807, 2.05) is 18.2 Å².